The van der Waals surface area contributed by atoms with Crippen LogP contribution in [0.2, 0.25) is 0 Å². The van der Waals surface area contributed by atoms with Crippen molar-refractivity contribution < 1.29 is 39.8 Å². The van der Waals surface area contributed by atoms with Gasteiger partial charge in [0.2, 0.25) is 0 Å². The van der Waals surface area contributed by atoms with Gasteiger partial charge in [-0.15, -0.1) is 0 Å². The molecule has 0 unspecified atom stereocenters. The smallest absolute Gasteiger partial charge is 0.412 e. The molecule has 0 fully saturated rings. The maximum absolute atomic E-state index is 11.2. The second-order valence-corrected chi connectivity index (χ2v) is 12.4. The van der Waals surface area contributed by atoms with Crippen LogP contribution in [0.1, 0.15) is 90.3 Å². The fourth-order valence-electron chi connectivity index (χ4n) is 3.81. The average Bonchev–Trinajstić information content (AvgIpc) is 3.06. The van der Waals surface area contributed by atoms with Crippen molar-refractivity contribution in [3.05, 3.63) is 68.8 Å². The number of benzene rings is 2. The van der Waals surface area contributed by atoms with Gasteiger partial charge >= 0.3 is 17.6 Å². The number of hydrogen-bond donors (Lipinski definition) is 3. The zero-order chi connectivity index (χ0) is 41.6. The first kappa shape index (κ1) is 49.6. The van der Waals surface area contributed by atoms with Gasteiger partial charge in [0, 0.05) is 62.4 Å². The molecule has 17 heteroatoms. The molecule has 0 spiro atoms. The third kappa shape index (κ3) is 28.2. The number of carbonyl (C=O) groups excluding carboxylic acids is 3. The number of amides is 2. The Kier molecular flexibility index (Phi) is 27.7. The molecule has 0 heterocycles. The normalized spacial score (nSPS) is 10.2. The van der Waals surface area contributed by atoms with Gasteiger partial charge in [-0.3, -0.25) is 25.1 Å². The van der Waals surface area contributed by atoms with Crippen LogP contribution in [0.25, 0.3) is 0 Å². The first-order chi connectivity index (χ1) is 24.8. The third-order valence-electron chi connectivity index (χ3n) is 6.04. The van der Waals surface area contributed by atoms with Crippen LogP contribution in [0.5, 0.6) is 11.5 Å². The number of nitrogens with two attached hydrogens (primary N) is 1. The lowest BCUT2D eigenvalue weighted by Crippen LogP contribution is -2.36. The molecule has 0 radical (unpaired) electrons. The van der Waals surface area contributed by atoms with Crippen molar-refractivity contribution in [1.82, 2.24) is 15.5 Å². The molecule has 52 heavy (non-hydrogen) atoms. The lowest BCUT2D eigenvalue weighted by molar-refractivity contribution is -0.385. The van der Waals surface area contributed by atoms with Crippen LogP contribution in [0.4, 0.5) is 25.8 Å². The van der Waals surface area contributed by atoms with E-state index in [1.165, 1.54) is 55.9 Å². The number of carbonyl (C=O) groups is 3. The summed E-state index contributed by atoms with van der Waals surface area (Å²) in [6.07, 6.45) is 1.72. The summed E-state index contributed by atoms with van der Waals surface area (Å²) in [5, 5.41) is 25.8. The van der Waals surface area contributed by atoms with Gasteiger partial charge in [-0.05, 0) is 98.7 Å². The number of unbranched alkanes of at least 4 members (excludes halogenated alkanes) is 1. The lowest BCUT2D eigenvalue weighted by Gasteiger charge is -2.28. The van der Waals surface area contributed by atoms with Gasteiger partial charge in [-0.1, -0.05) is 27.7 Å². The number of nitrogens with one attached hydrogen (secondary N) is 2. The largest absolute Gasteiger partial charge is 0.444 e. The Bertz CT molecular complexity index is 1300. The minimum absolute atomic E-state index is 0.0382. The Balaban J connectivity index is -0.000000633. The number of nitrogens with zero attached hydrogens (tertiary/aromatic N) is 3. The van der Waals surface area contributed by atoms with Gasteiger partial charge in [0.15, 0.2) is 0 Å². The summed E-state index contributed by atoms with van der Waals surface area (Å²) in [5.41, 5.74) is 3.74. The van der Waals surface area contributed by atoms with Crippen LogP contribution in [-0.4, -0.2) is 76.2 Å². The minimum Gasteiger partial charge on any atom is -0.444 e. The number of nitro benzene ring substituents is 2. The Hall–Kier alpha value is -4.54. The van der Waals surface area contributed by atoms with Crippen LogP contribution in [0.15, 0.2) is 48.5 Å². The van der Waals surface area contributed by atoms with Gasteiger partial charge in [0.1, 0.15) is 17.1 Å². The van der Waals surface area contributed by atoms with Crippen molar-refractivity contribution >= 4 is 40.6 Å². The van der Waals surface area contributed by atoms with Gasteiger partial charge in [0.05, 0.1) is 9.85 Å². The van der Waals surface area contributed by atoms with E-state index >= 15 is 0 Å². The molecular weight excluding hydrogens is 700 g/mol. The average molecular weight is 760 g/mol. The monoisotopic (exact) mass is 759 g/mol. The molecule has 4 N–H and O–H groups in total. The van der Waals surface area contributed by atoms with Crippen LogP contribution in [0.3, 0.4) is 0 Å². The Labute approximate surface area is 314 Å². The molecule has 2 rings (SSSR count). The first-order valence-corrected chi connectivity index (χ1v) is 16.9. The van der Waals surface area contributed by atoms with Crippen molar-refractivity contribution in [3.63, 3.8) is 0 Å². The Morgan fingerprint density at radius 3 is 1.54 bits per heavy atom. The summed E-state index contributed by atoms with van der Waals surface area (Å²) in [6, 6.07) is 11.7. The maximum Gasteiger partial charge on any atom is 0.412 e. The van der Waals surface area contributed by atoms with Crippen LogP contribution < -0.4 is 25.8 Å². The standard InChI is InChI=1S/C11H14N2O4.C8H18N2O2.C8H19N.C7H4ClNO4.CH4/c1-2-3-8-12-11(14)17-10-6-4-9(5-7-10)13(15)16;1-8(2,3)12-7(11)10-6-4-5-9;1-6-9(7(2)3)8(4)5;8-7(10)13-6-3-1-5(2-4-6)9(11)12;/h4-7H,2-3,8H2,1H3,(H,12,14);4-6,9H2,1-3H3,(H,10,11);7-8H,6H2,1-5H3;1-4H;1H4/i;;;;1D. The minimum atomic E-state index is -0.978. The second kappa shape index (κ2) is 29.1. The molecule has 2 aromatic rings. The summed E-state index contributed by atoms with van der Waals surface area (Å²) < 4.78 is 20.1. The van der Waals surface area contributed by atoms with Gasteiger partial charge < -0.3 is 30.6 Å². The van der Waals surface area contributed by atoms with Crippen LogP contribution >= 0.6 is 11.6 Å². The highest BCUT2D eigenvalue weighted by atomic mass is 35.5. The SMILES string of the molecule is CC(C)(C)OC(=O)NCCCN.CCCCNC(=O)Oc1ccc([N+](=O)[O-])cc1.CCN(C(C)C)C(C)C.O=C(Cl)Oc1ccc([N+](=O)[O-])cc1.[2H]C. The van der Waals surface area contributed by atoms with Gasteiger partial charge in [-0.2, -0.15) is 0 Å². The van der Waals surface area contributed by atoms with E-state index in [4.69, 9.17) is 28.2 Å². The summed E-state index contributed by atoms with van der Waals surface area (Å²) in [4.78, 5) is 54.4. The van der Waals surface area contributed by atoms with Crippen molar-refractivity contribution in [1.29, 1.82) is 0 Å². The zero-order valence-corrected chi connectivity index (χ0v) is 32.9. The number of non-ortho nitro benzene ring substituents is 2. The fourth-order valence-corrected chi connectivity index (χ4v) is 3.90. The Morgan fingerprint density at radius 1 is 0.827 bits per heavy atom. The van der Waals surface area contributed by atoms with Crippen LogP contribution in [-0.2, 0) is 4.74 Å². The fraction of sp³-hybridized carbons (Fsp3) is 0.571. The van der Waals surface area contributed by atoms with E-state index in [1.807, 2.05) is 27.7 Å². The van der Waals surface area contributed by atoms with E-state index in [1.54, 1.807) is 0 Å². The lowest BCUT2D eigenvalue weighted by atomic mass is 10.2. The number of hydrogen-bond acceptors (Lipinski definition) is 12. The molecular formula is C35H59ClN6O10. The molecule has 0 aliphatic carbocycles. The number of nitro groups is 2. The van der Waals surface area contributed by atoms with Crippen molar-refractivity contribution in [2.24, 2.45) is 5.73 Å². The van der Waals surface area contributed by atoms with E-state index in [9.17, 15) is 34.6 Å². The first-order valence-electron chi connectivity index (χ1n) is 17.5. The predicted octanol–water partition coefficient (Wildman–Crippen LogP) is 8.44. The summed E-state index contributed by atoms with van der Waals surface area (Å²) in [7, 11) is 1.25. The van der Waals surface area contributed by atoms with Crippen molar-refractivity contribution in [2.75, 3.05) is 26.2 Å². The van der Waals surface area contributed by atoms with E-state index in [0.29, 0.717) is 31.7 Å². The van der Waals surface area contributed by atoms with E-state index in [-0.39, 0.29) is 29.0 Å². The molecule has 0 aromatic heterocycles. The molecule has 0 aliphatic rings. The van der Waals surface area contributed by atoms with Crippen molar-refractivity contribution in [3.8, 4) is 11.5 Å². The topological polar surface area (TPSA) is 218 Å². The zero-order valence-electron chi connectivity index (χ0n) is 33.1. The molecule has 2 aromatic carbocycles. The van der Waals surface area contributed by atoms with E-state index in [2.05, 4.69) is 54.9 Å². The number of halogens is 1. The highest BCUT2D eigenvalue weighted by Gasteiger charge is 2.15. The second-order valence-electron chi connectivity index (χ2n) is 12.1. The molecule has 2 amide bonds. The molecule has 0 bridgehead atoms. The molecule has 16 nitrogen and oxygen atoms in total. The molecule has 0 aliphatic heterocycles. The van der Waals surface area contributed by atoms with E-state index in [0.717, 1.165) is 25.8 Å². The summed E-state index contributed by atoms with van der Waals surface area (Å²) in [6.45, 7) is 21.5. The van der Waals surface area contributed by atoms with Gasteiger partial charge in [-0.25, -0.2) is 14.4 Å². The highest BCUT2D eigenvalue weighted by Crippen LogP contribution is 2.18. The maximum atomic E-state index is 11.2. The van der Waals surface area contributed by atoms with Gasteiger partial charge in [0.25, 0.3) is 11.4 Å². The van der Waals surface area contributed by atoms with Crippen molar-refractivity contribution in [2.45, 2.75) is 107 Å². The number of rotatable bonds is 13. The van der Waals surface area contributed by atoms with Crippen LogP contribution in [0, 0.1) is 20.2 Å². The summed E-state index contributed by atoms with van der Waals surface area (Å²) >= 11 is 4.92. The predicted molar refractivity (Wildman–Crippen MR) is 204 cm³/mol. The number of alkyl carbamates (subject to hydrolysis) is 1. The molecule has 0 saturated carbocycles. The molecule has 0 saturated heterocycles. The molecule has 0 atom stereocenters. The Morgan fingerprint density at radius 2 is 1.23 bits per heavy atom. The third-order valence-corrected chi connectivity index (χ3v) is 6.12. The summed E-state index contributed by atoms with van der Waals surface area (Å²) in [5.74, 6) is 0.454. The molecule has 296 valence electrons. The van der Waals surface area contributed by atoms with E-state index < -0.39 is 27.0 Å². The quantitative estimate of drug-likeness (QED) is 0.0758. The number of ether oxygens (including phenoxy) is 3. The highest BCUT2D eigenvalue weighted by molar-refractivity contribution is 6.61.